The quantitative estimate of drug-likeness (QED) is 0.161. The van der Waals surface area contributed by atoms with Crippen LogP contribution < -0.4 is 0 Å². The first-order valence-corrected chi connectivity index (χ1v) is 19.5. The Bertz CT molecular complexity index is 2720. The summed E-state index contributed by atoms with van der Waals surface area (Å²) in [6, 6.07) is 59.8. The number of hydrogen-bond donors (Lipinski definition) is 0. The molecule has 2 aliphatic carbocycles. The molecule has 56 heavy (non-hydrogen) atoms. The summed E-state index contributed by atoms with van der Waals surface area (Å²) in [5, 5.41) is 0. The second-order valence-electron chi connectivity index (χ2n) is 15.0. The lowest BCUT2D eigenvalue weighted by molar-refractivity contribution is 0.353. The fourth-order valence-electron chi connectivity index (χ4n) is 8.94. The highest BCUT2D eigenvalue weighted by Gasteiger charge is 2.43. The van der Waals surface area contributed by atoms with Gasteiger partial charge in [-0.2, -0.15) is 0 Å². The number of fused-ring (bicyclic) bond motifs is 5. The van der Waals surface area contributed by atoms with Crippen LogP contribution in [0.25, 0.3) is 83.5 Å². The molecule has 1 saturated carbocycles. The number of benzene rings is 7. The molecule has 266 valence electrons. The van der Waals surface area contributed by atoms with Crippen molar-refractivity contribution >= 4 is 5.69 Å². The van der Waals surface area contributed by atoms with Gasteiger partial charge in [-0.15, -0.1) is 0 Å². The monoisotopic (exact) mass is 718 g/mol. The number of hydrogen-bond acceptors (Lipinski definition) is 3. The Hall–Kier alpha value is -6.96. The van der Waals surface area contributed by atoms with Crippen LogP contribution in [0.1, 0.15) is 43.2 Å². The van der Waals surface area contributed by atoms with Crippen molar-refractivity contribution in [2.45, 2.75) is 37.5 Å². The van der Waals surface area contributed by atoms with Gasteiger partial charge in [-0.3, -0.25) is 0 Å². The second kappa shape index (κ2) is 14.0. The van der Waals surface area contributed by atoms with Gasteiger partial charge in [0, 0.05) is 22.1 Å². The molecule has 4 nitrogen and oxygen atoms in total. The summed E-state index contributed by atoms with van der Waals surface area (Å²) >= 11 is 0. The molecule has 2 aliphatic rings. The number of rotatable bonds is 6. The molecule has 8 aromatic rings. The molecule has 1 aromatic heterocycles. The Labute approximate surface area is 328 Å². The molecule has 0 atom stereocenters. The first-order valence-electron chi connectivity index (χ1n) is 19.5. The van der Waals surface area contributed by atoms with E-state index in [1.54, 1.807) is 0 Å². The number of aromatic nitrogens is 3. The Kier molecular flexibility index (Phi) is 8.42. The van der Waals surface area contributed by atoms with Gasteiger partial charge in [0.1, 0.15) is 0 Å². The third kappa shape index (κ3) is 5.99. The topological polar surface area (TPSA) is 43.0 Å². The van der Waals surface area contributed by atoms with E-state index < -0.39 is 0 Å². The van der Waals surface area contributed by atoms with Crippen LogP contribution in [-0.4, -0.2) is 15.0 Å². The Morgan fingerprint density at radius 1 is 0.375 bits per heavy atom. The van der Waals surface area contributed by atoms with Crippen LogP contribution in [0.4, 0.5) is 5.69 Å². The zero-order valence-electron chi connectivity index (χ0n) is 31.0. The molecular weight excluding hydrogens is 681 g/mol. The normalized spacial score (nSPS) is 13.8. The molecule has 1 fully saturated rings. The Balaban J connectivity index is 0.955. The maximum absolute atomic E-state index is 7.69. The predicted molar refractivity (Wildman–Crippen MR) is 228 cm³/mol. The highest BCUT2D eigenvalue weighted by Crippen LogP contribution is 2.57. The van der Waals surface area contributed by atoms with Crippen LogP contribution in [0.2, 0.25) is 0 Å². The largest absolute Gasteiger partial charge is 0.238 e. The highest BCUT2D eigenvalue weighted by atomic mass is 15.0. The van der Waals surface area contributed by atoms with Crippen molar-refractivity contribution in [3.63, 3.8) is 0 Å². The van der Waals surface area contributed by atoms with Gasteiger partial charge in [0.15, 0.2) is 23.2 Å². The first kappa shape index (κ1) is 33.6. The molecule has 0 radical (unpaired) electrons. The Morgan fingerprint density at radius 2 is 0.804 bits per heavy atom. The highest BCUT2D eigenvalue weighted by molar-refractivity contribution is 5.86. The van der Waals surface area contributed by atoms with E-state index in [4.69, 9.17) is 21.5 Å². The van der Waals surface area contributed by atoms with Gasteiger partial charge in [0.2, 0.25) is 0 Å². The average Bonchev–Trinajstić information content (AvgIpc) is 3.54. The average molecular weight is 719 g/mol. The van der Waals surface area contributed by atoms with E-state index in [0.717, 1.165) is 46.3 Å². The molecule has 0 aliphatic heterocycles. The van der Waals surface area contributed by atoms with Crippen molar-refractivity contribution in [3.8, 4) is 78.7 Å². The van der Waals surface area contributed by atoms with E-state index in [2.05, 4.69) is 108 Å². The van der Waals surface area contributed by atoms with Gasteiger partial charge in [-0.05, 0) is 86.7 Å². The van der Waals surface area contributed by atoms with E-state index in [1.165, 1.54) is 63.8 Å². The van der Waals surface area contributed by atoms with Gasteiger partial charge in [-0.1, -0.05) is 171 Å². The SMILES string of the molecule is [C-]#[N+]c1ccc2c(c1)C1(CCCCC1)c1cc(-c3cccc(-c4ccc(-c5cccc(-c6nc(-c7ccccc7)nc(-c7ccccc7)n6)c5)cc4)c3)ccc1-2. The van der Waals surface area contributed by atoms with Crippen LogP contribution in [0.15, 0.2) is 170 Å². The molecule has 0 saturated heterocycles. The van der Waals surface area contributed by atoms with E-state index in [1.807, 2.05) is 66.7 Å². The molecular formula is C52H38N4. The summed E-state index contributed by atoms with van der Waals surface area (Å²) in [6.07, 6.45) is 6.02. The number of nitrogens with zero attached hydrogens (tertiary/aromatic N) is 4. The van der Waals surface area contributed by atoms with Crippen LogP contribution in [-0.2, 0) is 5.41 Å². The minimum Gasteiger partial charge on any atom is -0.238 e. The molecule has 0 amide bonds. The molecule has 1 heterocycles. The summed E-state index contributed by atoms with van der Waals surface area (Å²) in [5.41, 5.74) is 16.1. The van der Waals surface area contributed by atoms with Crippen molar-refractivity contribution in [1.29, 1.82) is 0 Å². The van der Waals surface area contributed by atoms with Gasteiger partial charge >= 0.3 is 0 Å². The smallest absolute Gasteiger partial charge is 0.187 e. The Morgan fingerprint density at radius 3 is 1.38 bits per heavy atom. The first-order chi connectivity index (χ1) is 27.6. The standard InChI is InChI=1S/C52H38N4/c1-53-44-26-28-46-45-27-25-42(33-47(45)52(48(46)34-44)29-9-4-10-30-52)41-19-11-17-39(31-41)35-21-23-36(24-22-35)40-18-12-20-43(32-40)51-55-49(37-13-5-2-6-14-37)54-50(56-51)38-15-7-3-8-16-38/h2-3,5-8,11-28,31-34H,4,9-10,29-30H2. The van der Waals surface area contributed by atoms with Gasteiger partial charge in [0.25, 0.3) is 0 Å². The molecule has 10 rings (SSSR count). The molecule has 0 bridgehead atoms. The summed E-state index contributed by atoms with van der Waals surface area (Å²) in [7, 11) is 0. The molecule has 1 spiro atoms. The third-order valence-corrected chi connectivity index (χ3v) is 11.7. The van der Waals surface area contributed by atoms with E-state index >= 15 is 0 Å². The lowest BCUT2D eigenvalue weighted by atomic mass is 9.67. The van der Waals surface area contributed by atoms with E-state index in [9.17, 15) is 0 Å². The zero-order valence-corrected chi connectivity index (χ0v) is 31.0. The lowest BCUT2D eigenvalue weighted by Gasteiger charge is -2.36. The summed E-state index contributed by atoms with van der Waals surface area (Å²) in [5.74, 6) is 1.95. The van der Waals surface area contributed by atoms with Crippen LogP contribution in [0, 0.1) is 6.57 Å². The van der Waals surface area contributed by atoms with Crippen molar-refractivity contribution in [3.05, 3.63) is 192 Å². The van der Waals surface area contributed by atoms with Crippen molar-refractivity contribution in [1.82, 2.24) is 15.0 Å². The van der Waals surface area contributed by atoms with Crippen LogP contribution in [0.5, 0.6) is 0 Å². The van der Waals surface area contributed by atoms with Gasteiger partial charge < -0.3 is 0 Å². The lowest BCUT2D eigenvalue weighted by Crippen LogP contribution is -2.28. The van der Waals surface area contributed by atoms with E-state index in [0.29, 0.717) is 17.5 Å². The minimum absolute atomic E-state index is 0.00225. The summed E-state index contributed by atoms with van der Waals surface area (Å²) < 4.78 is 0. The minimum atomic E-state index is 0.00225. The van der Waals surface area contributed by atoms with Crippen molar-refractivity contribution in [2.75, 3.05) is 0 Å². The van der Waals surface area contributed by atoms with Crippen molar-refractivity contribution in [2.24, 2.45) is 0 Å². The molecule has 0 unspecified atom stereocenters. The van der Waals surface area contributed by atoms with Crippen LogP contribution >= 0.6 is 0 Å². The fourth-order valence-corrected chi connectivity index (χ4v) is 8.94. The summed E-state index contributed by atoms with van der Waals surface area (Å²) in [4.78, 5) is 18.6. The molecule has 4 heteroatoms. The third-order valence-electron chi connectivity index (χ3n) is 11.7. The summed E-state index contributed by atoms with van der Waals surface area (Å²) in [6.45, 7) is 7.69. The second-order valence-corrected chi connectivity index (χ2v) is 15.0. The van der Waals surface area contributed by atoms with Gasteiger partial charge in [-0.25, -0.2) is 19.8 Å². The molecule has 7 aromatic carbocycles. The van der Waals surface area contributed by atoms with E-state index in [-0.39, 0.29) is 5.41 Å². The molecule has 0 N–H and O–H groups in total. The maximum Gasteiger partial charge on any atom is 0.187 e. The van der Waals surface area contributed by atoms with Crippen LogP contribution in [0.3, 0.4) is 0 Å². The zero-order chi connectivity index (χ0) is 37.5. The van der Waals surface area contributed by atoms with Crippen molar-refractivity contribution < 1.29 is 0 Å². The van der Waals surface area contributed by atoms with Gasteiger partial charge in [0.05, 0.1) is 6.57 Å². The fraction of sp³-hybridized carbons (Fsp3) is 0.115. The maximum atomic E-state index is 7.69. The predicted octanol–water partition coefficient (Wildman–Crippen LogP) is 13.7.